The molecule has 0 aliphatic carbocycles. The van der Waals surface area contributed by atoms with Crippen LogP contribution in [-0.2, 0) is 0 Å². The number of phenolic OH excluding ortho intramolecular Hbond substituents is 1. The average molecular weight is 450 g/mol. The number of hydrogen-bond acceptors (Lipinski definition) is 6. The van der Waals surface area contributed by atoms with Gasteiger partial charge in [0.2, 0.25) is 11.6 Å². The van der Waals surface area contributed by atoms with Crippen molar-refractivity contribution in [1.29, 1.82) is 0 Å². The SMILES string of the molecule is CC[C@H](C)c1ccc2oc(-c3ccc(N=Cc4cc(Cl)cc([N+](=O)[O-])c4O)cc3)nc2c1. The molecule has 0 bridgehead atoms. The summed E-state index contributed by atoms with van der Waals surface area (Å²) < 4.78 is 5.90. The summed E-state index contributed by atoms with van der Waals surface area (Å²) in [5.74, 6) is 0.486. The van der Waals surface area contributed by atoms with E-state index in [-0.39, 0.29) is 10.6 Å². The maximum Gasteiger partial charge on any atom is 0.312 e. The molecule has 4 rings (SSSR count). The molecule has 8 heteroatoms. The van der Waals surface area contributed by atoms with Gasteiger partial charge in [0.25, 0.3) is 0 Å². The minimum Gasteiger partial charge on any atom is -0.502 e. The number of aromatic nitrogens is 1. The van der Waals surface area contributed by atoms with E-state index in [4.69, 9.17) is 16.0 Å². The Morgan fingerprint density at radius 1 is 1.22 bits per heavy atom. The van der Waals surface area contributed by atoms with Crippen LogP contribution < -0.4 is 0 Å². The Hall–Kier alpha value is -3.71. The molecule has 3 aromatic carbocycles. The van der Waals surface area contributed by atoms with Gasteiger partial charge in [-0.2, -0.15) is 0 Å². The Bertz CT molecular complexity index is 1330. The molecule has 32 heavy (non-hydrogen) atoms. The molecule has 0 spiro atoms. The van der Waals surface area contributed by atoms with Gasteiger partial charge < -0.3 is 9.52 Å². The lowest BCUT2D eigenvalue weighted by molar-refractivity contribution is -0.385. The molecule has 0 unspecified atom stereocenters. The first kappa shape index (κ1) is 21.5. The Morgan fingerprint density at radius 3 is 2.66 bits per heavy atom. The van der Waals surface area contributed by atoms with E-state index in [1.54, 1.807) is 12.1 Å². The Labute approximate surface area is 189 Å². The zero-order chi connectivity index (χ0) is 22.8. The van der Waals surface area contributed by atoms with Crippen molar-refractivity contribution < 1.29 is 14.4 Å². The first-order valence-corrected chi connectivity index (χ1v) is 10.5. The number of fused-ring (bicyclic) bond motifs is 1. The predicted octanol–water partition coefficient (Wildman–Crippen LogP) is 7.03. The summed E-state index contributed by atoms with van der Waals surface area (Å²) in [4.78, 5) is 19.2. The fourth-order valence-corrected chi connectivity index (χ4v) is 3.51. The molecular weight excluding hydrogens is 430 g/mol. The van der Waals surface area contributed by atoms with Crippen LogP contribution >= 0.6 is 11.6 Å². The number of hydrogen-bond donors (Lipinski definition) is 1. The van der Waals surface area contributed by atoms with Crippen LogP contribution in [0.25, 0.3) is 22.6 Å². The molecule has 7 nitrogen and oxygen atoms in total. The number of halogens is 1. The highest BCUT2D eigenvalue weighted by Crippen LogP contribution is 2.33. The van der Waals surface area contributed by atoms with Gasteiger partial charge in [0.1, 0.15) is 5.52 Å². The van der Waals surface area contributed by atoms with Gasteiger partial charge in [-0.25, -0.2) is 4.98 Å². The monoisotopic (exact) mass is 449 g/mol. The molecular formula is C24H20ClN3O4. The van der Waals surface area contributed by atoms with Gasteiger partial charge in [-0.1, -0.05) is 31.5 Å². The van der Waals surface area contributed by atoms with Crippen molar-refractivity contribution in [3.8, 4) is 17.2 Å². The smallest absolute Gasteiger partial charge is 0.312 e. The summed E-state index contributed by atoms with van der Waals surface area (Å²) in [6, 6.07) is 15.8. The third kappa shape index (κ3) is 4.33. The molecule has 0 saturated heterocycles. The largest absolute Gasteiger partial charge is 0.502 e. The van der Waals surface area contributed by atoms with Crippen LogP contribution in [0.3, 0.4) is 0 Å². The minimum atomic E-state index is -0.695. The van der Waals surface area contributed by atoms with Gasteiger partial charge in [0, 0.05) is 28.4 Å². The zero-order valence-electron chi connectivity index (χ0n) is 17.4. The second-order valence-corrected chi connectivity index (χ2v) is 7.92. The second kappa shape index (κ2) is 8.80. The standard InChI is InChI=1S/C24H20ClN3O4/c1-3-14(2)16-6-9-22-20(11-16)27-24(32-22)15-4-7-19(8-5-15)26-13-17-10-18(25)12-21(23(17)29)28(30)31/h4-14,29H,3H2,1-2H3/t14-/m0/s1. The number of nitro groups is 1. The van der Waals surface area contributed by atoms with Crippen LogP contribution in [0.4, 0.5) is 11.4 Å². The fourth-order valence-electron chi connectivity index (χ4n) is 3.29. The van der Waals surface area contributed by atoms with Crippen molar-refractivity contribution in [2.75, 3.05) is 0 Å². The molecule has 1 heterocycles. The zero-order valence-corrected chi connectivity index (χ0v) is 18.2. The highest BCUT2D eigenvalue weighted by atomic mass is 35.5. The van der Waals surface area contributed by atoms with Crippen LogP contribution in [0.1, 0.15) is 37.3 Å². The molecule has 162 valence electrons. The predicted molar refractivity (Wildman–Crippen MR) is 125 cm³/mol. The van der Waals surface area contributed by atoms with Crippen LogP contribution in [0.15, 0.2) is 64.0 Å². The van der Waals surface area contributed by atoms with E-state index in [1.807, 2.05) is 18.2 Å². The summed E-state index contributed by atoms with van der Waals surface area (Å²) in [6.07, 6.45) is 2.39. The second-order valence-electron chi connectivity index (χ2n) is 7.48. The van der Waals surface area contributed by atoms with Gasteiger partial charge in [0.15, 0.2) is 5.58 Å². The molecule has 0 saturated carbocycles. The first-order chi connectivity index (χ1) is 15.4. The molecule has 0 amide bonds. The van der Waals surface area contributed by atoms with Crippen LogP contribution in [0, 0.1) is 10.1 Å². The summed E-state index contributed by atoms with van der Waals surface area (Å²) in [5, 5.41) is 21.3. The van der Waals surface area contributed by atoms with E-state index in [9.17, 15) is 15.2 Å². The van der Waals surface area contributed by atoms with Crippen LogP contribution in [0.5, 0.6) is 5.75 Å². The lowest BCUT2D eigenvalue weighted by Gasteiger charge is -2.07. The van der Waals surface area contributed by atoms with Crippen LogP contribution in [-0.4, -0.2) is 21.2 Å². The maximum absolute atomic E-state index is 11.0. The Kier molecular flexibility index (Phi) is 5.92. The number of aromatic hydroxyl groups is 1. The number of phenols is 1. The average Bonchev–Trinajstić information content (AvgIpc) is 3.22. The number of nitrogens with zero attached hydrogens (tertiary/aromatic N) is 3. The number of benzene rings is 3. The van der Waals surface area contributed by atoms with Crippen molar-refractivity contribution in [3.63, 3.8) is 0 Å². The third-order valence-electron chi connectivity index (χ3n) is 5.34. The maximum atomic E-state index is 11.0. The normalized spacial score (nSPS) is 12.5. The lowest BCUT2D eigenvalue weighted by Crippen LogP contribution is -1.92. The van der Waals surface area contributed by atoms with E-state index in [2.05, 4.69) is 36.0 Å². The fraction of sp³-hybridized carbons (Fsp3) is 0.167. The molecule has 1 N–H and O–H groups in total. The van der Waals surface area contributed by atoms with Gasteiger partial charge in [-0.3, -0.25) is 15.1 Å². The van der Waals surface area contributed by atoms with E-state index < -0.39 is 16.4 Å². The topological polar surface area (TPSA) is 102 Å². The van der Waals surface area contributed by atoms with Crippen molar-refractivity contribution in [3.05, 3.63) is 80.9 Å². The summed E-state index contributed by atoms with van der Waals surface area (Å²) in [7, 11) is 0. The summed E-state index contributed by atoms with van der Waals surface area (Å²) in [6.45, 7) is 4.34. The van der Waals surface area contributed by atoms with Crippen molar-refractivity contribution in [2.24, 2.45) is 4.99 Å². The van der Waals surface area contributed by atoms with Gasteiger partial charge in [-0.05, 0) is 60.4 Å². The number of rotatable bonds is 6. The minimum absolute atomic E-state index is 0.138. The molecule has 0 aliphatic heterocycles. The highest BCUT2D eigenvalue weighted by molar-refractivity contribution is 6.31. The van der Waals surface area contributed by atoms with Gasteiger partial charge in [0.05, 0.1) is 10.6 Å². The van der Waals surface area contributed by atoms with Gasteiger partial charge in [-0.15, -0.1) is 0 Å². The molecule has 0 fully saturated rings. The molecule has 4 aromatic rings. The molecule has 1 aromatic heterocycles. The quantitative estimate of drug-likeness (QED) is 0.193. The van der Waals surface area contributed by atoms with Crippen LogP contribution in [0.2, 0.25) is 5.02 Å². The molecule has 0 radical (unpaired) electrons. The first-order valence-electron chi connectivity index (χ1n) is 10.1. The third-order valence-corrected chi connectivity index (χ3v) is 5.56. The lowest BCUT2D eigenvalue weighted by atomic mass is 9.98. The number of oxazole rings is 1. The Balaban J connectivity index is 1.58. The van der Waals surface area contributed by atoms with E-state index in [0.717, 1.165) is 29.2 Å². The van der Waals surface area contributed by atoms with Crippen molar-refractivity contribution >= 4 is 40.3 Å². The van der Waals surface area contributed by atoms with E-state index in [1.165, 1.54) is 17.8 Å². The van der Waals surface area contributed by atoms with E-state index in [0.29, 0.717) is 17.5 Å². The van der Waals surface area contributed by atoms with Crippen molar-refractivity contribution in [1.82, 2.24) is 4.98 Å². The van der Waals surface area contributed by atoms with E-state index >= 15 is 0 Å². The summed E-state index contributed by atoms with van der Waals surface area (Å²) in [5.41, 5.74) is 3.85. The highest BCUT2D eigenvalue weighted by Gasteiger charge is 2.17. The molecule has 0 aliphatic rings. The van der Waals surface area contributed by atoms with Gasteiger partial charge >= 0.3 is 5.69 Å². The number of nitro benzene ring substituents is 1. The number of aliphatic imine (C=N–C) groups is 1. The molecule has 1 atom stereocenters. The Morgan fingerprint density at radius 2 is 1.97 bits per heavy atom. The van der Waals surface area contributed by atoms with Crippen molar-refractivity contribution in [2.45, 2.75) is 26.2 Å². The summed E-state index contributed by atoms with van der Waals surface area (Å²) >= 11 is 5.91.